The number of carbonyl (C=O) groups excluding carboxylic acids is 2. The van der Waals surface area contributed by atoms with Gasteiger partial charge in [-0.1, -0.05) is 0 Å². The SMILES string of the molecule is CC(=O)[C@H](C)NC(=O)CCCCC(=O)O. The number of nitrogens with one attached hydrogen (secondary N) is 1. The van der Waals surface area contributed by atoms with E-state index in [4.69, 9.17) is 5.11 Å². The van der Waals surface area contributed by atoms with Crippen LogP contribution in [-0.2, 0) is 14.4 Å². The molecule has 15 heavy (non-hydrogen) atoms. The monoisotopic (exact) mass is 215 g/mol. The van der Waals surface area contributed by atoms with Gasteiger partial charge in [0.15, 0.2) is 5.78 Å². The maximum atomic E-state index is 11.2. The van der Waals surface area contributed by atoms with Crippen molar-refractivity contribution in [2.75, 3.05) is 0 Å². The summed E-state index contributed by atoms with van der Waals surface area (Å²) in [7, 11) is 0. The molecule has 0 radical (unpaired) electrons. The summed E-state index contributed by atoms with van der Waals surface area (Å²) in [5.41, 5.74) is 0. The van der Waals surface area contributed by atoms with Crippen molar-refractivity contribution in [3.05, 3.63) is 0 Å². The van der Waals surface area contributed by atoms with Crippen LogP contribution >= 0.6 is 0 Å². The fourth-order valence-electron chi connectivity index (χ4n) is 0.977. The first-order valence-electron chi connectivity index (χ1n) is 4.95. The van der Waals surface area contributed by atoms with Crippen LogP contribution in [0.25, 0.3) is 0 Å². The van der Waals surface area contributed by atoms with Gasteiger partial charge in [0, 0.05) is 12.8 Å². The van der Waals surface area contributed by atoms with Gasteiger partial charge in [-0.2, -0.15) is 0 Å². The number of hydrogen-bond acceptors (Lipinski definition) is 3. The molecule has 0 saturated heterocycles. The van der Waals surface area contributed by atoms with E-state index in [0.29, 0.717) is 12.8 Å². The van der Waals surface area contributed by atoms with Gasteiger partial charge in [-0.05, 0) is 26.7 Å². The Morgan fingerprint density at radius 1 is 1.20 bits per heavy atom. The summed E-state index contributed by atoms with van der Waals surface area (Å²) in [6.07, 6.45) is 1.36. The number of ketones is 1. The summed E-state index contributed by atoms with van der Waals surface area (Å²) >= 11 is 0. The minimum atomic E-state index is -0.854. The van der Waals surface area contributed by atoms with E-state index in [9.17, 15) is 14.4 Å². The Morgan fingerprint density at radius 2 is 1.73 bits per heavy atom. The largest absolute Gasteiger partial charge is 0.481 e. The second-order valence-electron chi connectivity index (χ2n) is 3.50. The number of amides is 1. The number of rotatable bonds is 7. The van der Waals surface area contributed by atoms with Gasteiger partial charge in [0.1, 0.15) is 0 Å². The summed E-state index contributed by atoms with van der Waals surface area (Å²) in [6, 6.07) is -0.461. The van der Waals surface area contributed by atoms with Gasteiger partial charge in [0.2, 0.25) is 5.91 Å². The van der Waals surface area contributed by atoms with Gasteiger partial charge < -0.3 is 10.4 Å². The van der Waals surface area contributed by atoms with Crippen molar-refractivity contribution in [2.24, 2.45) is 0 Å². The number of carboxylic acids is 1. The highest BCUT2D eigenvalue weighted by molar-refractivity contribution is 5.87. The molecule has 0 bridgehead atoms. The highest BCUT2D eigenvalue weighted by Gasteiger charge is 2.10. The van der Waals surface area contributed by atoms with Crippen LogP contribution < -0.4 is 5.32 Å². The lowest BCUT2D eigenvalue weighted by Gasteiger charge is -2.09. The Bertz CT molecular complexity index is 250. The van der Waals surface area contributed by atoms with Crippen LogP contribution in [0.1, 0.15) is 39.5 Å². The molecule has 0 heterocycles. The topological polar surface area (TPSA) is 83.5 Å². The van der Waals surface area contributed by atoms with Crippen molar-refractivity contribution in [3.8, 4) is 0 Å². The zero-order valence-corrected chi connectivity index (χ0v) is 9.08. The van der Waals surface area contributed by atoms with E-state index in [1.807, 2.05) is 0 Å². The number of hydrogen-bond donors (Lipinski definition) is 2. The molecular weight excluding hydrogens is 198 g/mol. The van der Waals surface area contributed by atoms with Gasteiger partial charge in [-0.25, -0.2) is 0 Å². The number of unbranched alkanes of at least 4 members (excludes halogenated alkanes) is 1. The molecule has 0 spiro atoms. The van der Waals surface area contributed by atoms with Gasteiger partial charge >= 0.3 is 5.97 Å². The fourth-order valence-corrected chi connectivity index (χ4v) is 0.977. The maximum Gasteiger partial charge on any atom is 0.303 e. The Labute approximate surface area is 88.9 Å². The normalized spacial score (nSPS) is 11.9. The minimum Gasteiger partial charge on any atom is -0.481 e. The van der Waals surface area contributed by atoms with Crippen molar-refractivity contribution in [3.63, 3.8) is 0 Å². The molecule has 2 N–H and O–H groups in total. The molecule has 0 aliphatic rings. The van der Waals surface area contributed by atoms with E-state index in [-0.39, 0.29) is 24.5 Å². The smallest absolute Gasteiger partial charge is 0.303 e. The van der Waals surface area contributed by atoms with E-state index < -0.39 is 12.0 Å². The Hall–Kier alpha value is -1.39. The molecule has 0 aromatic carbocycles. The summed E-state index contributed by atoms with van der Waals surface area (Å²) in [5.74, 6) is -1.15. The highest BCUT2D eigenvalue weighted by Crippen LogP contribution is 2.00. The third kappa shape index (κ3) is 7.66. The van der Waals surface area contributed by atoms with Crippen molar-refractivity contribution in [1.82, 2.24) is 5.32 Å². The highest BCUT2D eigenvalue weighted by atomic mass is 16.4. The lowest BCUT2D eigenvalue weighted by Crippen LogP contribution is -2.37. The van der Waals surface area contributed by atoms with Gasteiger partial charge in [0.05, 0.1) is 6.04 Å². The average molecular weight is 215 g/mol. The molecular formula is C10H17NO4. The molecule has 5 nitrogen and oxygen atoms in total. The standard InChI is InChI=1S/C10H17NO4/c1-7(8(2)12)11-9(13)5-3-4-6-10(14)15/h7H,3-6H2,1-2H3,(H,11,13)(H,14,15)/t7-/m0/s1. The summed E-state index contributed by atoms with van der Waals surface area (Å²) in [6.45, 7) is 3.03. The first kappa shape index (κ1) is 13.6. The minimum absolute atomic E-state index is 0.0789. The summed E-state index contributed by atoms with van der Waals surface area (Å²) in [4.78, 5) is 32.2. The van der Waals surface area contributed by atoms with Crippen LogP contribution in [0.5, 0.6) is 0 Å². The van der Waals surface area contributed by atoms with Crippen LogP contribution in [0.15, 0.2) is 0 Å². The van der Waals surface area contributed by atoms with Crippen molar-refractivity contribution >= 4 is 17.7 Å². The quantitative estimate of drug-likeness (QED) is 0.613. The molecule has 0 aliphatic heterocycles. The number of Topliss-reactive ketones (excluding diaryl/α,β-unsaturated/α-hetero) is 1. The fraction of sp³-hybridized carbons (Fsp3) is 0.700. The molecule has 0 aliphatic carbocycles. The van der Waals surface area contributed by atoms with Crippen molar-refractivity contribution in [2.45, 2.75) is 45.6 Å². The average Bonchev–Trinajstić information content (AvgIpc) is 2.12. The molecule has 0 saturated carbocycles. The first-order valence-corrected chi connectivity index (χ1v) is 4.95. The molecule has 0 fully saturated rings. The third-order valence-electron chi connectivity index (χ3n) is 2.03. The second kappa shape index (κ2) is 6.98. The van der Waals surface area contributed by atoms with Crippen molar-refractivity contribution < 1.29 is 19.5 Å². The number of carboxylic acid groups (broad SMARTS) is 1. The Morgan fingerprint density at radius 3 is 2.20 bits per heavy atom. The molecule has 0 aromatic heterocycles. The molecule has 5 heteroatoms. The molecule has 1 atom stereocenters. The van der Waals surface area contributed by atoms with Gasteiger partial charge in [0.25, 0.3) is 0 Å². The van der Waals surface area contributed by atoms with E-state index in [2.05, 4.69) is 5.32 Å². The zero-order chi connectivity index (χ0) is 11.8. The third-order valence-corrected chi connectivity index (χ3v) is 2.03. The first-order chi connectivity index (χ1) is 6.93. The maximum absolute atomic E-state index is 11.2. The van der Waals surface area contributed by atoms with E-state index in [0.717, 1.165) is 0 Å². The Balaban J connectivity index is 3.58. The summed E-state index contributed by atoms with van der Waals surface area (Å²) in [5, 5.41) is 10.9. The van der Waals surface area contributed by atoms with Crippen LogP contribution in [0, 0.1) is 0 Å². The van der Waals surface area contributed by atoms with Crippen LogP contribution in [-0.4, -0.2) is 28.8 Å². The van der Waals surface area contributed by atoms with E-state index in [1.54, 1.807) is 6.92 Å². The lowest BCUT2D eigenvalue weighted by molar-refractivity contribution is -0.137. The van der Waals surface area contributed by atoms with Crippen molar-refractivity contribution in [1.29, 1.82) is 0 Å². The van der Waals surface area contributed by atoms with Crippen LogP contribution in [0.3, 0.4) is 0 Å². The van der Waals surface area contributed by atoms with Crippen LogP contribution in [0.2, 0.25) is 0 Å². The molecule has 0 aromatic rings. The Kier molecular flexibility index (Phi) is 6.33. The van der Waals surface area contributed by atoms with Gasteiger partial charge in [-0.3, -0.25) is 14.4 Å². The molecule has 1 amide bonds. The zero-order valence-electron chi connectivity index (χ0n) is 9.08. The molecule has 86 valence electrons. The van der Waals surface area contributed by atoms with E-state index >= 15 is 0 Å². The molecule has 0 unspecified atom stereocenters. The predicted molar refractivity (Wildman–Crippen MR) is 54.4 cm³/mol. The second-order valence-corrected chi connectivity index (χ2v) is 3.50. The number of carbonyl (C=O) groups is 3. The van der Waals surface area contributed by atoms with Gasteiger partial charge in [-0.15, -0.1) is 0 Å². The lowest BCUT2D eigenvalue weighted by atomic mass is 10.1. The summed E-state index contributed by atoms with van der Waals surface area (Å²) < 4.78 is 0. The van der Waals surface area contributed by atoms with Crippen LogP contribution in [0.4, 0.5) is 0 Å². The number of aliphatic carboxylic acids is 1. The van der Waals surface area contributed by atoms with E-state index in [1.165, 1.54) is 6.92 Å². The predicted octanol–water partition coefficient (Wildman–Crippen LogP) is 0.725. The molecule has 0 rings (SSSR count).